The van der Waals surface area contributed by atoms with Gasteiger partial charge in [-0.3, -0.25) is 9.59 Å². The highest BCUT2D eigenvalue weighted by Gasteiger charge is 2.17. The summed E-state index contributed by atoms with van der Waals surface area (Å²) in [5, 5.41) is 16.7. The molecule has 0 N–H and O–H groups in total. The Morgan fingerprint density at radius 2 is 1.71 bits per heavy atom. The van der Waals surface area contributed by atoms with Crippen LogP contribution in [-0.2, 0) is 14.3 Å². The average Bonchev–Trinajstić information content (AvgIpc) is 2.22. The summed E-state index contributed by atoms with van der Waals surface area (Å²) >= 11 is 0. The highest BCUT2D eigenvalue weighted by molar-refractivity contribution is 5.86. The molecule has 74 valence electrons. The van der Waals surface area contributed by atoms with E-state index in [2.05, 4.69) is 4.74 Å². The van der Waals surface area contributed by atoms with Crippen LogP contribution in [0.15, 0.2) is 0 Å². The van der Waals surface area contributed by atoms with Gasteiger partial charge in [0.1, 0.15) is 11.8 Å². The van der Waals surface area contributed by atoms with Crippen molar-refractivity contribution in [3.63, 3.8) is 0 Å². The lowest BCUT2D eigenvalue weighted by molar-refractivity contribution is -0.150. The SMILES string of the molecule is CC(C#N)C(=O)COC(=O)C(C)C#N. The Kier molecular flexibility index (Phi) is 4.95. The van der Waals surface area contributed by atoms with Crippen molar-refractivity contribution in [3.8, 4) is 12.1 Å². The number of hydrogen-bond acceptors (Lipinski definition) is 5. The van der Waals surface area contributed by atoms with Gasteiger partial charge in [-0.05, 0) is 13.8 Å². The van der Waals surface area contributed by atoms with Crippen LogP contribution < -0.4 is 0 Å². The Morgan fingerprint density at radius 3 is 2.14 bits per heavy atom. The van der Waals surface area contributed by atoms with Crippen molar-refractivity contribution in [2.24, 2.45) is 11.8 Å². The molecule has 2 unspecified atom stereocenters. The molecule has 2 atom stereocenters. The van der Waals surface area contributed by atoms with Gasteiger partial charge >= 0.3 is 5.97 Å². The van der Waals surface area contributed by atoms with Gasteiger partial charge in [0.15, 0.2) is 12.4 Å². The molecular formula is C9H10N2O3. The quantitative estimate of drug-likeness (QED) is 0.605. The zero-order valence-corrected chi connectivity index (χ0v) is 7.98. The van der Waals surface area contributed by atoms with Gasteiger partial charge in [0.05, 0.1) is 12.1 Å². The van der Waals surface area contributed by atoms with Gasteiger partial charge in [0.25, 0.3) is 0 Å². The topological polar surface area (TPSA) is 90.9 Å². The summed E-state index contributed by atoms with van der Waals surface area (Å²) in [5.74, 6) is -2.89. The van der Waals surface area contributed by atoms with E-state index in [4.69, 9.17) is 10.5 Å². The normalized spacial score (nSPS) is 13.1. The highest BCUT2D eigenvalue weighted by Crippen LogP contribution is 1.99. The van der Waals surface area contributed by atoms with Gasteiger partial charge in [-0.15, -0.1) is 0 Å². The second-order valence-electron chi connectivity index (χ2n) is 2.78. The van der Waals surface area contributed by atoms with E-state index >= 15 is 0 Å². The Morgan fingerprint density at radius 1 is 1.21 bits per heavy atom. The van der Waals surface area contributed by atoms with Gasteiger partial charge in [-0.2, -0.15) is 10.5 Å². The number of carbonyl (C=O) groups excluding carboxylic acids is 2. The summed E-state index contributed by atoms with van der Waals surface area (Å²) in [6.45, 7) is 2.35. The number of esters is 1. The van der Waals surface area contributed by atoms with Gasteiger partial charge in [0, 0.05) is 0 Å². The molecule has 14 heavy (non-hydrogen) atoms. The van der Waals surface area contributed by atoms with E-state index in [0.717, 1.165) is 0 Å². The molecule has 0 aromatic rings. The lowest BCUT2D eigenvalue weighted by atomic mass is 10.1. The van der Waals surface area contributed by atoms with Crippen LogP contribution in [0.3, 0.4) is 0 Å². The second kappa shape index (κ2) is 5.71. The van der Waals surface area contributed by atoms with Crippen molar-refractivity contribution < 1.29 is 14.3 Å². The summed E-state index contributed by atoms with van der Waals surface area (Å²) in [6.07, 6.45) is 0. The summed E-state index contributed by atoms with van der Waals surface area (Å²) in [4.78, 5) is 21.9. The Labute approximate surface area is 81.9 Å². The Hall–Kier alpha value is -1.88. The standard InChI is InChI=1S/C9H10N2O3/c1-6(3-10)8(12)5-14-9(13)7(2)4-11/h6-7H,5H2,1-2H3. The average molecular weight is 194 g/mol. The lowest BCUT2D eigenvalue weighted by Crippen LogP contribution is -2.21. The molecule has 0 aliphatic heterocycles. The summed E-state index contributed by atoms with van der Waals surface area (Å²) in [5.41, 5.74) is 0. The smallest absolute Gasteiger partial charge is 0.323 e. The Bertz CT molecular complexity index is 279. The van der Waals surface area contributed by atoms with E-state index in [0.29, 0.717) is 0 Å². The number of ketones is 1. The largest absolute Gasteiger partial charge is 0.457 e. The van der Waals surface area contributed by atoms with Crippen molar-refractivity contribution in [3.05, 3.63) is 0 Å². The zero-order chi connectivity index (χ0) is 11.1. The van der Waals surface area contributed by atoms with Crippen LogP contribution in [0, 0.1) is 34.5 Å². The van der Waals surface area contributed by atoms with Gasteiger partial charge in [-0.1, -0.05) is 0 Å². The predicted molar refractivity (Wildman–Crippen MR) is 45.5 cm³/mol. The van der Waals surface area contributed by atoms with Gasteiger partial charge in [0.2, 0.25) is 0 Å². The van der Waals surface area contributed by atoms with Gasteiger partial charge in [-0.25, -0.2) is 0 Å². The van der Waals surface area contributed by atoms with Crippen LogP contribution in [0.5, 0.6) is 0 Å². The summed E-state index contributed by atoms with van der Waals surface area (Å²) in [6, 6.07) is 3.41. The minimum atomic E-state index is -0.889. The minimum absolute atomic E-state index is 0.445. The first-order valence-electron chi connectivity index (χ1n) is 4.01. The van der Waals surface area contributed by atoms with E-state index in [-0.39, 0.29) is 0 Å². The fraction of sp³-hybridized carbons (Fsp3) is 0.556. The molecule has 0 bridgehead atoms. The summed E-state index contributed by atoms with van der Waals surface area (Å²) in [7, 11) is 0. The molecule has 0 fully saturated rings. The molecule has 0 aromatic heterocycles. The van der Waals surface area contributed by atoms with Crippen LogP contribution in [0.25, 0.3) is 0 Å². The van der Waals surface area contributed by atoms with Crippen molar-refractivity contribution in [2.45, 2.75) is 13.8 Å². The number of carbonyl (C=O) groups is 2. The maximum Gasteiger partial charge on any atom is 0.323 e. The fourth-order valence-electron chi connectivity index (χ4n) is 0.517. The molecule has 0 saturated carbocycles. The molecule has 0 rings (SSSR count). The zero-order valence-electron chi connectivity index (χ0n) is 7.98. The number of ether oxygens (including phenoxy) is 1. The number of nitrogens with zero attached hydrogens (tertiary/aromatic N) is 2. The van der Waals surface area contributed by atoms with Crippen molar-refractivity contribution in [1.29, 1.82) is 10.5 Å². The van der Waals surface area contributed by atoms with E-state index in [1.165, 1.54) is 13.8 Å². The monoisotopic (exact) mass is 194 g/mol. The molecule has 5 heteroatoms. The van der Waals surface area contributed by atoms with Crippen molar-refractivity contribution >= 4 is 11.8 Å². The third-order valence-electron chi connectivity index (χ3n) is 1.58. The minimum Gasteiger partial charge on any atom is -0.457 e. The van der Waals surface area contributed by atoms with Crippen molar-refractivity contribution in [2.75, 3.05) is 6.61 Å². The third kappa shape index (κ3) is 3.68. The van der Waals surface area contributed by atoms with Crippen LogP contribution in [0.2, 0.25) is 0 Å². The first-order chi connectivity index (χ1) is 6.52. The number of rotatable bonds is 4. The number of nitriles is 2. The molecule has 0 radical (unpaired) electrons. The molecule has 0 amide bonds. The van der Waals surface area contributed by atoms with E-state index in [1.54, 1.807) is 12.1 Å². The van der Waals surface area contributed by atoms with E-state index < -0.39 is 30.2 Å². The fourth-order valence-corrected chi connectivity index (χ4v) is 0.517. The molecular weight excluding hydrogens is 184 g/mol. The molecule has 0 spiro atoms. The van der Waals surface area contributed by atoms with Crippen LogP contribution in [0.1, 0.15) is 13.8 Å². The van der Waals surface area contributed by atoms with E-state index in [1.807, 2.05) is 0 Å². The highest BCUT2D eigenvalue weighted by atomic mass is 16.5. The van der Waals surface area contributed by atoms with Crippen LogP contribution in [0.4, 0.5) is 0 Å². The van der Waals surface area contributed by atoms with Gasteiger partial charge < -0.3 is 4.74 Å². The first kappa shape index (κ1) is 12.1. The summed E-state index contributed by atoms with van der Waals surface area (Å²) < 4.78 is 4.52. The lowest BCUT2D eigenvalue weighted by Gasteiger charge is -2.05. The third-order valence-corrected chi connectivity index (χ3v) is 1.58. The molecule has 0 heterocycles. The van der Waals surface area contributed by atoms with Crippen molar-refractivity contribution in [1.82, 2.24) is 0 Å². The van der Waals surface area contributed by atoms with E-state index in [9.17, 15) is 9.59 Å². The molecule has 0 aliphatic rings. The Balaban J connectivity index is 3.98. The molecule has 5 nitrogen and oxygen atoms in total. The van der Waals surface area contributed by atoms with Crippen LogP contribution >= 0.6 is 0 Å². The number of Topliss-reactive ketones (excluding diaryl/α,β-unsaturated/α-hetero) is 1. The first-order valence-corrected chi connectivity index (χ1v) is 4.01. The molecule has 0 saturated heterocycles. The second-order valence-corrected chi connectivity index (χ2v) is 2.78. The number of hydrogen-bond donors (Lipinski definition) is 0. The predicted octanol–water partition coefficient (Wildman–Crippen LogP) is 0.418. The molecule has 0 aromatic carbocycles. The molecule has 0 aliphatic carbocycles. The maximum atomic E-state index is 11.0. The maximum absolute atomic E-state index is 11.0. The van der Waals surface area contributed by atoms with Crippen LogP contribution in [-0.4, -0.2) is 18.4 Å².